The van der Waals surface area contributed by atoms with E-state index in [1.165, 1.54) is 53.6 Å². The van der Waals surface area contributed by atoms with Crippen molar-refractivity contribution in [3.8, 4) is 16.9 Å². The zero-order valence-electron chi connectivity index (χ0n) is 19.5. The van der Waals surface area contributed by atoms with E-state index in [1.54, 1.807) is 6.92 Å². The lowest BCUT2D eigenvalue weighted by Crippen LogP contribution is -2.35. The molecule has 0 aliphatic carbocycles. The fourth-order valence-electron chi connectivity index (χ4n) is 2.86. The van der Waals surface area contributed by atoms with E-state index in [-0.39, 0.29) is 39.2 Å². The quantitative estimate of drug-likeness (QED) is 0.207. The molecule has 186 valence electrons. The lowest BCUT2D eigenvalue weighted by molar-refractivity contribution is 0.0968. The molecule has 0 saturated heterocycles. The van der Waals surface area contributed by atoms with Gasteiger partial charge in [0.05, 0.1) is 6.20 Å². The number of allylic oxidation sites excluding steroid dienone is 1. The highest BCUT2D eigenvalue weighted by atomic mass is 35.5. The Morgan fingerprint density at radius 3 is 2.58 bits per heavy atom. The number of aliphatic imine (C=N–C) groups is 2. The first kappa shape index (κ1) is 26.7. The molecule has 0 fully saturated rings. The van der Waals surface area contributed by atoms with Gasteiger partial charge in [-0.1, -0.05) is 35.3 Å². The summed E-state index contributed by atoms with van der Waals surface area (Å²) in [6.07, 6.45) is 4.20. The summed E-state index contributed by atoms with van der Waals surface area (Å²) >= 11 is 11.9. The van der Waals surface area contributed by atoms with E-state index in [9.17, 15) is 14.0 Å². The number of carbonyl (C=O) groups is 1. The first-order valence-electron chi connectivity index (χ1n) is 10.5. The lowest BCUT2D eigenvalue weighted by atomic mass is 10.1. The van der Waals surface area contributed by atoms with Gasteiger partial charge in [-0.05, 0) is 45.2 Å². The van der Waals surface area contributed by atoms with Crippen molar-refractivity contribution in [3.63, 3.8) is 0 Å². The summed E-state index contributed by atoms with van der Waals surface area (Å²) in [6, 6.07) is 6.70. The van der Waals surface area contributed by atoms with Crippen LogP contribution in [-0.4, -0.2) is 33.3 Å². The number of benzene rings is 1. The molecule has 0 atom stereocenters. The van der Waals surface area contributed by atoms with E-state index in [1.807, 2.05) is 13.8 Å². The van der Waals surface area contributed by atoms with Gasteiger partial charge in [0.25, 0.3) is 5.91 Å². The van der Waals surface area contributed by atoms with Gasteiger partial charge in [0.15, 0.2) is 10.8 Å². The van der Waals surface area contributed by atoms with Crippen LogP contribution in [0.1, 0.15) is 37.3 Å². The first-order chi connectivity index (χ1) is 17.1. The molecule has 0 aliphatic rings. The maximum Gasteiger partial charge on any atom is 0.282 e. The summed E-state index contributed by atoms with van der Waals surface area (Å²) in [5.74, 6) is -0.955. The molecule has 0 spiro atoms. The summed E-state index contributed by atoms with van der Waals surface area (Å²) in [7, 11) is 0. The van der Waals surface area contributed by atoms with Gasteiger partial charge in [0.2, 0.25) is 11.4 Å². The number of amides is 1. The highest BCUT2D eigenvalue weighted by Gasteiger charge is 2.20. The second kappa shape index (κ2) is 11.7. The van der Waals surface area contributed by atoms with Gasteiger partial charge in [-0.25, -0.2) is 19.4 Å². The molecule has 0 bridgehead atoms. The number of guanidine groups is 1. The monoisotopic (exact) mass is 530 g/mol. The molecule has 0 saturated carbocycles. The summed E-state index contributed by atoms with van der Waals surface area (Å²) in [5.41, 5.74) is -0.407. The molecule has 2 heterocycles. The van der Waals surface area contributed by atoms with Crippen LogP contribution < -0.4 is 15.5 Å². The number of nitrogens with zero attached hydrogens (tertiary/aromatic N) is 5. The second-order valence-electron chi connectivity index (χ2n) is 7.62. The highest BCUT2D eigenvalue weighted by Crippen LogP contribution is 2.30. The normalized spacial score (nSPS) is 12.0. The van der Waals surface area contributed by atoms with Crippen molar-refractivity contribution < 1.29 is 13.9 Å². The Balaban J connectivity index is 1.89. The van der Waals surface area contributed by atoms with Crippen molar-refractivity contribution >= 4 is 41.8 Å². The lowest BCUT2D eigenvalue weighted by Gasteiger charge is -2.13. The second-order valence-corrected chi connectivity index (χ2v) is 8.36. The predicted molar refractivity (Wildman–Crippen MR) is 137 cm³/mol. The number of nitrogens with one attached hydrogen (secondary N) is 1. The van der Waals surface area contributed by atoms with Crippen molar-refractivity contribution in [1.82, 2.24) is 20.1 Å². The number of rotatable bonds is 6. The number of hydrogen-bond donors (Lipinski definition) is 1. The molecule has 0 radical (unpaired) electrons. The van der Waals surface area contributed by atoms with Crippen LogP contribution in [0.25, 0.3) is 11.1 Å². The molecule has 1 N–H and O–H groups in total. The SMILES string of the molecule is C=N/C(=N\C=C(/C)Oc1ccnc(Cl)c1Cl)NC(=O)c1nn(C(C)C)cc(-c2ccc(F)cc2)c1=O. The first-order valence-corrected chi connectivity index (χ1v) is 11.3. The Morgan fingerprint density at radius 1 is 1.25 bits per heavy atom. The predicted octanol–water partition coefficient (Wildman–Crippen LogP) is 5.06. The third kappa shape index (κ3) is 6.41. The molecule has 12 heteroatoms. The summed E-state index contributed by atoms with van der Waals surface area (Å²) < 4.78 is 20.4. The minimum atomic E-state index is -0.847. The third-order valence-corrected chi connectivity index (χ3v) is 5.41. The van der Waals surface area contributed by atoms with E-state index in [2.05, 4.69) is 32.1 Å². The smallest absolute Gasteiger partial charge is 0.282 e. The van der Waals surface area contributed by atoms with Crippen LogP contribution in [0.3, 0.4) is 0 Å². The molecular weight excluding hydrogens is 510 g/mol. The Morgan fingerprint density at radius 2 is 1.94 bits per heavy atom. The fraction of sp³-hybridized carbons (Fsp3) is 0.167. The van der Waals surface area contributed by atoms with Gasteiger partial charge in [0.1, 0.15) is 22.3 Å². The van der Waals surface area contributed by atoms with E-state index in [4.69, 9.17) is 27.9 Å². The van der Waals surface area contributed by atoms with Crippen molar-refractivity contribution in [2.45, 2.75) is 26.8 Å². The Kier molecular flexibility index (Phi) is 8.68. The summed E-state index contributed by atoms with van der Waals surface area (Å²) in [6.45, 7) is 8.64. The van der Waals surface area contributed by atoms with Gasteiger partial charge in [0, 0.05) is 30.1 Å². The molecule has 9 nitrogen and oxygen atoms in total. The van der Waals surface area contributed by atoms with Crippen molar-refractivity contribution in [3.05, 3.63) is 86.6 Å². The van der Waals surface area contributed by atoms with Crippen molar-refractivity contribution in [1.29, 1.82) is 0 Å². The van der Waals surface area contributed by atoms with Gasteiger partial charge in [-0.3, -0.25) is 19.6 Å². The molecular formula is C24H21Cl2FN6O3. The average molecular weight is 531 g/mol. The summed E-state index contributed by atoms with van der Waals surface area (Å²) in [4.78, 5) is 37.6. The van der Waals surface area contributed by atoms with Crippen LogP contribution in [0.4, 0.5) is 4.39 Å². The maximum absolute atomic E-state index is 13.4. The van der Waals surface area contributed by atoms with Crippen molar-refractivity contribution in [2.75, 3.05) is 0 Å². The van der Waals surface area contributed by atoms with E-state index in [0.717, 1.165) is 0 Å². The number of aromatic nitrogens is 3. The molecule has 0 unspecified atom stereocenters. The van der Waals surface area contributed by atoms with Gasteiger partial charge < -0.3 is 4.74 Å². The molecule has 1 amide bonds. The maximum atomic E-state index is 13.4. The third-order valence-electron chi connectivity index (χ3n) is 4.66. The van der Waals surface area contributed by atoms with E-state index < -0.39 is 22.8 Å². The van der Waals surface area contributed by atoms with Gasteiger partial charge >= 0.3 is 0 Å². The number of carbonyl (C=O) groups excluding carboxylic acids is 1. The Hall–Kier alpha value is -3.89. The largest absolute Gasteiger partial charge is 0.459 e. The summed E-state index contributed by atoms with van der Waals surface area (Å²) in [5, 5.41) is 6.77. The molecule has 0 aliphatic heterocycles. The van der Waals surface area contributed by atoms with Gasteiger partial charge in [-0.2, -0.15) is 5.10 Å². The number of hydrogen-bond acceptors (Lipinski definition) is 6. The minimum absolute atomic E-state index is 0.0774. The molecule has 1 aromatic carbocycles. The van der Waals surface area contributed by atoms with Gasteiger partial charge in [-0.15, -0.1) is 0 Å². The number of ether oxygens (including phenoxy) is 1. The van der Waals surface area contributed by atoms with Crippen LogP contribution in [0, 0.1) is 5.82 Å². The Labute approximate surface area is 216 Å². The van der Waals surface area contributed by atoms with Crippen LogP contribution in [0.15, 0.2) is 69.5 Å². The van der Waals surface area contributed by atoms with E-state index in [0.29, 0.717) is 5.56 Å². The zero-order chi connectivity index (χ0) is 26.4. The molecule has 2 aromatic heterocycles. The fourth-order valence-corrected chi connectivity index (χ4v) is 3.16. The van der Waals surface area contributed by atoms with Crippen LogP contribution >= 0.6 is 23.2 Å². The molecule has 36 heavy (non-hydrogen) atoms. The standard InChI is InChI=1S/C24H21Cl2FN6O3/c1-13(2)33-12-17(15-5-7-16(27)8-6-15)21(34)20(32-33)23(35)31-24(28-4)30-11-14(3)36-18-9-10-29-22(26)19(18)25/h5-13H,4H2,1-3H3,(H,30,31,35)/b14-11+. The molecule has 3 rings (SSSR count). The van der Waals surface area contributed by atoms with Crippen LogP contribution in [0.5, 0.6) is 5.75 Å². The number of halogens is 3. The number of pyridine rings is 1. The molecule has 3 aromatic rings. The van der Waals surface area contributed by atoms with Crippen LogP contribution in [-0.2, 0) is 0 Å². The highest BCUT2D eigenvalue weighted by molar-refractivity contribution is 6.42. The zero-order valence-corrected chi connectivity index (χ0v) is 21.0. The Bertz CT molecular complexity index is 1420. The van der Waals surface area contributed by atoms with Crippen molar-refractivity contribution in [2.24, 2.45) is 9.98 Å². The minimum Gasteiger partial charge on any atom is -0.459 e. The van der Waals surface area contributed by atoms with Crippen LogP contribution in [0.2, 0.25) is 10.2 Å². The average Bonchev–Trinajstić information content (AvgIpc) is 2.85. The van der Waals surface area contributed by atoms with E-state index >= 15 is 0 Å². The topological polar surface area (TPSA) is 111 Å².